The lowest BCUT2D eigenvalue weighted by molar-refractivity contribution is 0.460. The molecule has 0 aliphatic rings. The highest BCUT2D eigenvalue weighted by molar-refractivity contribution is 5.89. The van der Waals surface area contributed by atoms with Crippen molar-refractivity contribution in [1.29, 1.82) is 0 Å². The molecule has 3 nitrogen and oxygen atoms in total. The van der Waals surface area contributed by atoms with E-state index in [1.165, 1.54) is 12.1 Å². The van der Waals surface area contributed by atoms with Crippen LogP contribution in [0.3, 0.4) is 0 Å². The van der Waals surface area contributed by atoms with Crippen LogP contribution >= 0.6 is 0 Å². The fraction of sp³-hybridized carbons (Fsp3) is 0. The molecule has 0 aliphatic heterocycles. The van der Waals surface area contributed by atoms with Crippen LogP contribution in [0.2, 0.25) is 0 Å². The molecule has 0 fully saturated rings. The lowest BCUT2D eigenvalue weighted by atomic mass is 10.2. The van der Waals surface area contributed by atoms with Gasteiger partial charge in [0.15, 0.2) is 11.4 Å². The highest BCUT2D eigenvalue weighted by atomic mass is 19.1. The molecule has 3 rings (SSSR count). The zero-order chi connectivity index (χ0) is 12.5. The van der Waals surface area contributed by atoms with Gasteiger partial charge in [0.25, 0.3) is 0 Å². The number of nitrogens with one attached hydrogen (secondary N) is 1. The Morgan fingerprint density at radius 1 is 1.00 bits per heavy atom. The predicted molar refractivity (Wildman–Crippen MR) is 63.6 cm³/mol. The van der Waals surface area contributed by atoms with Crippen molar-refractivity contribution >= 4 is 22.5 Å². The van der Waals surface area contributed by atoms with Gasteiger partial charge in [-0.3, -0.25) is 0 Å². The summed E-state index contributed by atoms with van der Waals surface area (Å²) in [6.45, 7) is 0. The standard InChI is InChI=1S/C13H8F2N2O/c14-8-5-9(15)7-10(6-8)16-13-11-3-1-2-4-12(11)18-17-13/h1-7H,(H,16,17). The normalized spacial score (nSPS) is 10.8. The van der Waals surface area contributed by atoms with Crippen LogP contribution in [0.25, 0.3) is 11.0 Å². The van der Waals surface area contributed by atoms with Gasteiger partial charge in [-0.2, -0.15) is 0 Å². The van der Waals surface area contributed by atoms with Crippen molar-refractivity contribution in [2.45, 2.75) is 0 Å². The molecule has 0 saturated carbocycles. The Bertz CT molecular complexity index is 689. The smallest absolute Gasteiger partial charge is 0.181 e. The number of hydrogen-bond donors (Lipinski definition) is 1. The third-order valence-corrected chi connectivity index (χ3v) is 2.50. The third-order valence-electron chi connectivity index (χ3n) is 2.50. The van der Waals surface area contributed by atoms with Crippen molar-refractivity contribution in [3.63, 3.8) is 0 Å². The van der Waals surface area contributed by atoms with Crippen molar-refractivity contribution in [1.82, 2.24) is 5.16 Å². The number of rotatable bonds is 2. The van der Waals surface area contributed by atoms with Crippen molar-refractivity contribution < 1.29 is 13.3 Å². The molecule has 0 amide bonds. The molecule has 1 heterocycles. The average Bonchev–Trinajstić information content (AvgIpc) is 2.72. The summed E-state index contributed by atoms with van der Waals surface area (Å²) in [6, 6.07) is 10.4. The Labute approximate surface area is 101 Å². The highest BCUT2D eigenvalue weighted by Gasteiger charge is 2.08. The maximum Gasteiger partial charge on any atom is 0.181 e. The molecule has 0 atom stereocenters. The molecule has 0 aliphatic carbocycles. The Morgan fingerprint density at radius 3 is 2.50 bits per heavy atom. The number of anilines is 2. The van der Waals surface area contributed by atoms with E-state index in [4.69, 9.17) is 4.52 Å². The first-order chi connectivity index (χ1) is 8.72. The largest absolute Gasteiger partial charge is 0.354 e. The number of benzene rings is 2. The summed E-state index contributed by atoms with van der Waals surface area (Å²) in [6.07, 6.45) is 0. The van der Waals surface area contributed by atoms with Gasteiger partial charge < -0.3 is 9.84 Å². The first-order valence-corrected chi connectivity index (χ1v) is 5.30. The van der Waals surface area contributed by atoms with Gasteiger partial charge in [-0.05, 0) is 24.3 Å². The molecular formula is C13H8F2N2O. The van der Waals surface area contributed by atoms with Crippen LogP contribution in [-0.2, 0) is 0 Å². The Morgan fingerprint density at radius 2 is 1.72 bits per heavy atom. The average molecular weight is 246 g/mol. The van der Waals surface area contributed by atoms with Crippen molar-refractivity contribution in [3.8, 4) is 0 Å². The summed E-state index contributed by atoms with van der Waals surface area (Å²) in [5.41, 5.74) is 0.892. The summed E-state index contributed by atoms with van der Waals surface area (Å²) in [5, 5.41) is 7.39. The second kappa shape index (κ2) is 4.10. The fourth-order valence-electron chi connectivity index (χ4n) is 1.74. The molecule has 2 aromatic carbocycles. The second-order valence-corrected chi connectivity index (χ2v) is 3.81. The van der Waals surface area contributed by atoms with Crippen LogP contribution in [0.1, 0.15) is 0 Å². The quantitative estimate of drug-likeness (QED) is 0.746. The minimum atomic E-state index is -0.648. The lowest BCUT2D eigenvalue weighted by Crippen LogP contribution is -1.93. The maximum atomic E-state index is 13.0. The predicted octanol–water partition coefficient (Wildman–Crippen LogP) is 3.85. The molecule has 0 saturated heterocycles. The molecule has 1 N–H and O–H groups in total. The van der Waals surface area contributed by atoms with Crippen molar-refractivity contribution in [2.75, 3.05) is 5.32 Å². The summed E-state index contributed by atoms with van der Waals surface area (Å²) < 4.78 is 31.2. The second-order valence-electron chi connectivity index (χ2n) is 3.81. The van der Waals surface area contributed by atoms with Gasteiger partial charge in [-0.25, -0.2) is 8.78 Å². The number of fused-ring (bicyclic) bond motifs is 1. The van der Waals surface area contributed by atoms with Crippen LogP contribution < -0.4 is 5.32 Å². The fourth-order valence-corrected chi connectivity index (χ4v) is 1.74. The van der Waals surface area contributed by atoms with E-state index in [-0.39, 0.29) is 5.69 Å². The molecule has 0 radical (unpaired) electrons. The number of aromatic nitrogens is 1. The van der Waals surface area contributed by atoms with Gasteiger partial charge >= 0.3 is 0 Å². The minimum absolute atomic E-state index is 0.284. The van der Waals surface area contributed by atoms with Gasteiger partial charge in [0, 0.05) is 11.8 Å². The first-order valence-electron chi connectivity index (χ1n) is 5.30. The summed E-state index contributed by atoms with van der Waals surface area (Å²) in [5.74, 6) is -0.869. The number of para-hydroxylation sites is 1. The molecule has 0 spiro atoms. The van der Waals surface area contributed by atoms with Crippen LogP contribution in [-0.4, -0.2) is 5.16 Å². The van der Waals surface area contributed by atoms with E-state index in [1.54, 1.807) is 6.07 Å². The Kier molecular flexibility index (Phi) is 2.44. The zero-order valence-corrected chi connectivity index (χ0v) is 9.15. The topological polar surface area (TPSA) is 38.1 Å². The lowest BCUT2D eigenvalue weighted by Gasteiger charge is -2.03. The highest BCUT2D eigenvalue weighted by Crippen LogP contribution is 2.26. The van der Waals surface area contributed by atoms with Gasteiger partial charge in [0.2, 0.25) is 0 Å². The van der Waals surface area contributed by atoms with Gasteiger partial charge in [-0.15, -0.1) is 0 Å². The molecular weight excluding hydrogens is 238 g/mol. The van der Waals surface area contributed by atoms with Crippen LogP contribution in [0.5, 0.6) is 0 Å². The number of nitrogens with zero attached hydrogens (tertiary/aromatic N) is 1. The van der Waals surface area contributed by atoms with E-state index in [0.29, 0.717) is 11.4 Å². The Balaban J connectivity index is 2.01. The monoisotopic (exact) mass is 246 g/mol. The maximum absolute atomic E-state index is 13.0. The van der Waals surface area contributed by atoms with E-state index >= 15 is 0 Å². The van der Waals surface area contributed by atoms with E-state index in [0.717, 1.165) is 11.5 Å². The molecule has 0 bridgehead atoms. The summed E-state index contributed by atoms with van der Waals surface area (Å²) >= 11 is 0. The zero-order valence-electron chi connectivity index (χ0n) is 9.15. The molecule has 90 valence electrons. The minimum Gasteiger partial charge on any atom is -0.354 e. The third kappa shape index (κ3) is 1.90. The molecule has 5 heteroatoms. The van der Waals surface area contributed by atoms with Crippen molar-refractivity contribution in [2.24, 2.45) is 0 Å². The van der Waals surface area contributed by atoms with E-state index in [2.05, 4.69) is 10.5 Å². The van der Waals surface area contributed by atoms with E-state index in [1.807, 2.05) is 18.2 Å². The number of hydrogen-bond acceptors (Lipinski definition) is 3. The molecule has 3 aromatic rings. The molecule has 0 unspecified atom stereocenters. The SMILES string of the molecule is Fc1cc(F)cc(Nc2noc3ccccc23)c1. The molecule has 18 heavy (non-hydrogen) atoms. The molecule has 1 aromatic heterocycles. The van der Waals surface area contributed by atoms with Crippen LogP contribution in [0, 0.1) is 11.6 Å². The van der Waals surface area contributed by atoms with E-state index < -0.39 is 11.6 Å². The number of halogens is 2. The van der Waals surface area contributed by atoms with Crippen LogP contribution in [0.15, 0.2) is 47.0 Å². The first kappa shape index (κ1) is 10.7. The Hall–Kier alpha value is -2.43. The van der Waals surface area contributed by atoms with E-state index in [9.17, 15) is 8.78 Å². The van der Waals surface area contributed by atoms with Gasteiger partial charge in [-0.1, -0.05) is 17.3 Å². The summed E-state index contributed by atoms with van der Waals surface area (Å²) in [4.78, 5) is 0. The van der Waals surface area contributed by atoms with Crippen LogP contribution in [0.4, 0.5) is 20.3 Å². The van der Waals surface area contributed by atoms with Gasteiger partial charge in [0.1, 0.15) is 11.6 Å². The van der Waals surface area contributed by atoms with Gasteiger partial charge in [0.05, 0.1) is 5.39 Å². The van der Waals surface area contributed by atoms with Crippen molar-refractivity contribution in [3.05, 3.63) is 54.1 Å². The summed E-state index contributed by atoms with van der Waals surface area (Å²) in [7, 11) is 0.